The first-order valence-electron chi connectivity index (χ1n) is 7.71. The highest BCUT2D eigenvalue weighted by Gasteiger charge is 2.02. The Balaban J connectivity index is 1.73. The van der Waals surface area contributed by atoms with E-state index in [9.17, 15) is 14.4 Å². The number of nitrogens with zero attached hydrogens (tertiary/aromatic N) is 1. The first kappa shape index (κ1) is 18.6. The molecule has 2 aromatic rings. The highest BCUT2D eigenvalue weighted by molar-refractivity contribution is 5.94. The summed E-state index contributed by atoms with van der Waals surface area (Å²) in [5.41, 5.74) is 3.95. The molecule has 0 bridgehead atoms. The second-order valence-electron chi connectivity index (χ2n) is 5.18. The predicted octanol–water partition coefficient (Wildman–Crippen LogP) is 1.66. The van der Waals surface area contributed by atoms with E-state index in [0.29, 0.717) is 5.56 Å². The number of carbonyl (C=O) groups excluding carboxylic acids is 2. The van der Waals surface area contributed by atoms with Crippen molar-refractivity contribution in [3.05, 3.63) is 77.4 Å². The summed E-state index contributed by atoms with van der Waals surface area (Å²) in [7, 11) is 0. The minimum absolute atomic E-state index is 0.164. The Labute approximate surface area is 150 Å². The number of carboxylic acid groups (broad SMARTS) is 1. The van der Waals surface area contributed by atoms with Crippen LogP contribution in [0.15, 0.2) is 65.8 Å². The molecule has 3 N–H and O–H groups in total. The first-order chi connectivity index (χ1) is 12.5. The Hall–Kier alpha value is -3.74. The molecule has 7 heteroatoms. The van der Waals surface area contributed by atoms with Crippen LogP contribution in [0.4, 0.5) is 0 Å². The van der Waals surface area contributed by atoms with E-state index in [-0.39, 0.29) is 12.1 Å². The number of hydrogen-bond donors (Lipinski definition) is 3. The monoisotopic (exact) mass is 351 g/mol. The van der Waals surface area contributed by atoms with Crippen molar-refractivity contribution in [3.63, 3.8) is 0 Å². The van der Waals surface area contributed by atoms with Gasteiger partial charge in [-0.05, 0) is 29.3 Å². The van der Waals surface area contributed by atoms with Gasteiger partial charge in [0, 0.05) is 6.08 Å². The lowest BCUT2D eigenvalue weighted by atomic mass is 10.1. The second-order valence-corrected chi connectivity index (χ2v) is 5.18. The van der Waals surface area contributed by atoms with Crippen LogP contribution in [0, 0.1) is 0 Å². The van der Waals surface area contributed by atoms with Crippen LogP contribution in [-0.4, -0.2) is 35.6 Å². The molecule has 26 heavy (non-hydrogen) atoms. The molecule has 0 fully saturated rings. The minimum Gasteiger partial charge on any atom is -0.478 e. The third-order valence-corrected chi connectivity index (χ3v) is 3.21. The largest absolute Gasteiger partial charge is 0.478 e. The zero-order chi connectivity index (χ0) is 18.8. The minimum atomic E-state index is -1.01. The van der Waals surface area contributed by atoms with Crippen LogP contribution in [-0.2, 0) is 9.59 Å². The van der Waals surface area contributed by atoms with Gasteiger partial charge in [-0.1, -0.05) is 42.5 Å². The molecule has 2 rings (SSSR count). The fourth-order valence-corrected chi connectivity index (χ4v) is 1.89. The number of carbonyl (C=O) groups is 3. The van der Waals surface area contributed by atoms with Crippen molar-refractivity contribution in [2.24, 2.45) is 5.10 Å². The van der Waals surface area contributed by atoms with Gasteiger partial charge in [0.15, 0.2) is 0 Å². The lowest BCUT2D eigenvalue weighted by molar-refractivity contribution is -0.123. The van der Waals surface area contributed by atoms with Crippen molar-refractivity contribution in [1.29, 1.82) is 0 Å². The van der Waals surface area contributed by atoms with Crippen LogP contribution < -0.4 is 10.7 Å². The van der Waals surface area contributed by atoms with Crippen LogP contribution in [0.5, 0.6) is 0 Å². The molecule has 0 aromatic heterocycles. The number of nitrogens with one attached hydrogen (secondary N) is 2. The van der Waals surface area contributed by atoms with Crippen molar-refractivity contribution in [2.45, 2.75) is 0 Å². The van der Waals surface area contributed by atoms with E-state index in [1.807, 2.05) is 30.3 Å². The molecule has 0 aliphatic heterocycles. The number of rotatable bonds is 7. The fraction of sp³-hybridized carbons (Fsp3) is 0.0526. The number of benzene rings is 2. The molecule has 0 saturated heterocycles. The predicted molar refractivity (Wildman–Crippen MR) is 97.6 cm³/mol. The standard InChI is InChI=1S/C19H17N3O4/c23-17(11-8-14-4-2-1-3-5-14)20-13-18(24)22-21-12-15-6-9-16(10-7-15)19(25)26/h1-12H,13H2,(H,20,23)(H,22,24)(H,25,26)/b11-8+,21-12-. The van der Waals surface area contributed by atoms with Gasteiger partial charge in [-0.15, -0.1) is 0 Å². The second kappa shape index (κ2) is 9.53. The average Bonchev–Trinajstić information content (AvgIpc) is 2.66. The van der Waals surface area contributed by atoms with E-state index in [1.54, 1.807) is 18.2 Å². The molecule has 7 nitrogen and oxygen atoms in total. The Bertz CT molecular complexity index is 828. The summed E-state index contributed by atoms with van der Waals surface area (Å²) < 4.78 is 0. The Morgan fingerprint density at radius 1 is 0.962 bits per heavy atom. The summed E-state index contributed by atoms with van der Waals surface area (Å²) >= 11 is 0. The van der Waals surface area contributed by atoms with Gasteiger partial charge >= 0.3 is 5.97 Å². The molecule has 0 saturated carbocycles. The summed E-state index contributed by atoms with van der Waals surface area (Å²) in [6.45, 7) is -0.215. The van der Waals surface area contributed by atoms with E-state index in [1.165, 1.54) is 24.4 Å². The molecule has 0 atom stereocenters. The maximum atomic E-state index is 11.6. The van der Waals surface area contributed by atoms with Gasteiger partial charge in [0.1, 0.15) is 0 Å². The van der Waals surface area contributed by atoms with Gasteiger partial charge in [-0.2, -0.15) is 5.10 Å². The van der Waals surface area contributed by atoms with Crippen molar-refractivity contribution in [2.75, 3.05) is 6.54 Å². The van der Waals surface area contributed by atoms with Crippen molar-refractivity contribution in [3.8, 4) is 0 Å². The summed E-state index contributed by atoms with van der Waals surface area (Å²) in [6, 6.07) is 15.3. The number of hydrazone groups is 1. The van der Waals surface area contributed by atoms with E-state index >= 15 is 0 Å². The number of aromatic carboxylic acids is 1. The lowest BCUT2D eigenvalue weighted by Gasteiger charge is -2.01. The van der Waals surface area contributed by atoms with Crippen LogP contribution in [0.3, 0.4) is 0 Å². The van der Waals surface area contributed by atoms with Crippen LogP contribution in [0.2, 0.25) is 0 Å². The van der Waals surface area contributed by atoms with Crippen LogP contribution in [0.25, 0.3) is 6.08 Å². The van der Waals surface area contributed by atoms with Gasteiger partial charge in [0.2, 0.25) is 5.91 Å². The van der Waals surface area contributed by atoms with Gasteiger partial charge in [0.25, 0.3) is 5.91 Å². The maximum Gasteiger partial charge on any atom is 0.335 e. The molecular weight excluding hydrogens is 334 g/mol. The topological polar surface area (TPSA) is 108 Å². The summed E-state index contributed by atoms with van der Waals surface area (Å²) in [4.78, 5) is 34.0. The fourth-order valence-electron chi connectivity index (χ4n) is 1.89. The SMILES string of the molecule is O=C(/C=C/c1ccccc1)NCC(=O)N/N=C\c1ccc(C(=O)O)cc1. The van der Waals surface area contributed by atoms with E-state index in [0.717, 1.165) is 5.56 Å². The number of amides is 2. The molecule has 0 spiro atoms. The molecular formula is C19H17N3O4. The molecule has 0 unspecified atom stereocenters. The summed E-state index contributed by atoms with van der Waals surface area (Å²) in [5.74, 6) is -1.89. The van der Waals surface area contributed by atoms with Crippen LogP contribution >= 0.6 is 0 Å². The first-order valence-corrected chi connectivity index (χ1v) is 7.71. The van der Waals surface area contributed by atoms with Crippen LogP contribution in [0.1, 0.15) is 21.5 Å². The summed E-state index contributed by atoms with van der Waals surface area (Å²) in [6.07, 6.45) is 4.36. The molecule has 2 aromatic carbocycles. The zero-order valence-electron chi connectivity index (χ0n) is 13.8. The molecule has 132 valence electrons. The van der Waals surface area contributed by atoms with Crippen molar-refractivity contribution < 1.29 is 19.5 Å². The maximum absolute atomic E-state index is 11.6. The highest BCUT2D eigenvalue weighted by Crippen LogP contribution is 2.02. The molecule has 2 amide bonds. The zero-order valence-corrected chi connectivity index (χ0v) is 13.8. The van der Waals surface area contributed by atoms with E-state index in [2.05, 4.69) is 15.8 Å². The highest BCUT2D eigenvalue weighted by atomic mass is 16.4. The molecule has 0 aliphatic rings. The van der Waals surface area contributed by atoms with Crippen molar-refractivity contribution in [1.82, 2.24) is 10.7 Å². The Kier molecular flexibility index (Phi) is 6.82. The quantitative estimate of drug-likeness (QED) is 0.400. The average molecular weight is 351 g/mol. The van der Waals surface area contributed by atoms with Gasteiger partial charge in [0.05, 0.1) is 18.3 Å². The van der Waals surface area contributed by atoms with Gasteiger partial charge in [-0.3, -0.25) is 9.59 Å². The Morgan fingerprint density at radius 2 is 1.65 bits per heavy atom. The molecule has 0 aliphatic carbocycles. The normalized spacial score (nSPS) is 10.8. The van der Waals surface area contributed by atoms with E-state index in [4.69, 9.17) is 5.11 Å². The third-order valence-electron chi connectivity index (χ3n) is 3.21. The lowest BCUT2D eigenvalue weighted by Crippen LogP contribution is -2.34. The Morgan fingerprint density at radius 3 is 2.31 bits per heavy atom. The molecule has 0 radical (unpaired) electrons. The third kappa shape index (κ3) is 6.40. The van der Waals surface area contributed by atoms with Crippen molar-refractivity contribution >= 4 is 30.1 Å². The molecule has 0 heterocycles. The number of carboxylic acids is 1. The van der Waals surface area contributed by atoms with Gasteiger partial charge < -0.3 is 10.4 Å². The summed E-state index contributed by atoms with van der Waals surface area (Å²) in [5, 5.41) is 15.0. The van der Waals surface area contributed by atoms with E-state index < -0.39 is 17.8 Å². The number of hydrogen-bond acceptors (Lipinski definition) is 4. The smallest absolute Gasteiger partial charge is 0.335 e. The van der Waals surface area contributed by atoms with Gasteiger partial charge in [-0.25, -0.2) is 10.2 Å².